The number of aromatic nitrogens is 1. The van der Waals surface area contributed by atoms with Crippen molar-refractivity contribution in [3.63, 3.8) is 0 Å². The second-order valence-electron chi connectivity index (χ2n) is 6.34. The van der Waals surface area contributed by atoms with Gasteiger partial charge in [-0.1, -0.05) is 23.4 Å². The topological polar surface area (TPSA) is 49.6 Å². The fraction of sp³-hybridized carbons (Fsp3) is 0.368. The number of nitrogens with zero attached hydrogens (tertiary/aromatic N) is 3. The number of allylic oxidation sites excluding steroid dienone is 1. The van der Waals surface area contributed by atoms with E-state index >= 15 is 0 Å². The van der Waals surface area contributed by atoms with Gasteiger partial charge in [0.1, 0.15) is 11.6 Å². The molecule has 132 valence electrons. The molecule has 0 N–H and O–H groups in total. The van der Waals surface area contributed by atoms with E-state index in [0.29, 0.717) is 24.2 Å². The van der Waals surface area contributed by atoms with Crippen molar-refractivity contribution in [1.82, 2.24) is 15.0 Å². The summed E-state index contributed by atoms with van der Waals surface area (Å²) in [5.41, 5.74) is 2.02. The zero-order valence-electron chi connectivity index (χ0n) is 14.5. The maximum atomic E-state index is 13.8. The zero-order chi connectivity index (χ0) is 17.8. The van der Waals surface area contributed by atoms with Crippen LogP contribution in [0.1, 0.15) is 23.9 Å². The summed E-state index contributed by atoms with van der Waals surface area (Å²) in [4.78, 5) is 16.5. The van der Waals surface area contributed by atoms with Gasteiger partial charge >= 0.3 is 0 Å². The van der Waals surface area contributed by atoms with Gasteiger partial charge in [0.15, 0.2) is 0 Å². The smallest absolute Gasteiger partial charge is 0.246 e. The van der Waals surface area contributed by atoms with E-state index < -0.39 is 0 Å². The summed E-state index contributed by atoms with van der Waals surface area (Å²) < 4.78 is 18.9. The maximum absolute atomic E-state index is 13.8. The van der Waals surface area contributed by atoms with Crippen molar-refractivity contribution in [2.75, 3.05) is 26.2 Å². The van der Waals surface area contributed by atoms with E-state index in [1.54, 1.807) is 30.0 Å². The number of amides is 1. The molecule has 3 rings (SSSR count). The van der Waals surface area contributed by atoms with E-state index in [1.165, 1.54) is 12.1 Å². The summed E-state index contributed by atoms with van der Waals surface area (Å²) in [5, 5.41) is 4.00. The number of rotatable bonds is 4. The van der Waals surface area contributed by atoms with Gasteiger partial charge in [-0.25, -0.2) is 4.39 Å². The van der Waals surface area contributed by atoms with Crippen molar-refractivity contribution >= 4 is 11.5 Å². The van der Waals surface area contributed by atoms with Gasteiger partial charge in [0.25, 0.3) is 0 Å². The molecule has 2 aromatic rings. The van der Waals surface area contributed by atoms with Gasteiger partial charge in [-0.05, 0) is 25.5 Å². The number of carbonyl (C=O) groups excluding carboxylic acids is 1. The van der Waals surface area contributed by atoms with Crippen molar-refractivity contribution in [1.29, 1.82) is 0 Å². The number of hydrogen-bond donors (Lipinski definition) is 0. The van der Waals surface area contributed by atoms with Gasteiger partial charge in [-0.2, -0.15) is 0 Å². The van der Waals surface area contributed by atoms with Gasteiger partial charge < -0.3 is 9.42 Å². The monoisotopic (exact) mass is 343 g/mol. The molecule has 5 nitrogen and oxygen atoms in total. The lowest BCUT2D eigenvalue weighted by Gasteiger charge is -2.33. The highest BCUT2D eigenvalue weighted by atomic mass is 19.1. The van der Waals surface area contributed by atoms with Crippen LogP contribution in [0.3, 0.4) is 0 Å². The highest BCUT2D eigenvalue weighted by molar-refractivity contribution is 5.95. The SMILES string of the molecule is C/C(=C/C(=O)N1CCN(Cc2cc(C)on2)CC1)c1ccccc1F. The predicted octanol–water partition coefficient (Wildman–Crippen LogP) is 2.87. The Hall–Kier alpha value is -2.47. The lowest BCUT2D eigenvalue weighted by Crippen LogP contribution is -2.47. The van der Waals surface area contributed by atoms with E-state index in [9.17, 15) is 9.18 Å². The Balaban J connectivity index is 1.56. The molecule has 0 radical (unpaired) electrons. The molecule has 6 heteroatoms. The molecule has 1 aliphatic rings. The van der Waals surface area contributed by atoms with Crippen LogP contribution in [0.2, 0.25) is 0 Å². The van der Waals surface area contributed by atoms with Crippen molar-refractivity contribution < 1.29 is 13.7 Å². The van der Waals surface area contributed by atoms with Crippen LogP contribution in [-0.4, -0.2) is 47.0 Å². The molecule has 1 aromatic carbocycles. The number of halogens is 1. The van der Waals surface area contributed by atoms with E-state index in [-0.39, 0.29) is 11.7 Å². The number of aryl methyl sites for hydroxylation is 1. The fourth-order valence-electron chi connectivity index (χ4n) is 2.98. The van der Waals surface area contributed by atoms with Crippen LogP contribution in [0.5, 0.6) is 0 Å². The normalized spacial score (nSPS) is 16.3. The summed E-state index contributed by atoms with van der Waals surface area (Å²) >= 11 is 0. The Bertz CT molecular complexity index is 776. The molecule has 0 aliphatic carbocycles. The second-order valence-corrected chi connectivity index (χ2v) is 6.34. The average Bonchev–Trinajstić information content (AvgIpc) is 3.00. The molecule has 0 saturated carbocycles. The van der Waals surface area contributed by atoms with Crippen LogP contribution in [-0.2, 0) is 11.3 Å². The molecule has 0 spiro atoms. The van der Waals surface area contributed by atoms with Gasteiger partial charge in [0, 0.05) is 50.4 Å². The van der Waals surface area contributed by atoms with Gasteiger partial charge in [-0.3, -0.25) is 9.69 Å². The van der Waals surface area contributed by atoms with Crippen molar-refractivity contribution in [3.05, 3.63) is 59.2 Å². The summed E-state index contributed by atoms with van der Waals surface area (Å²) in [6, 6.07) is 8.43. The molecule has 1 amide bonds. The highest BCUT2D eigenvalue weighted by Gasteiger charge is 2.21. The molecule has 0 bridgehead atoms. The molecule has 1 saturated heterocycles. The number of hydrogen-bond acceptors (Lipinski definition) is 4. The van der Waals surface area contributed by atoms with Gasteiger partial charge in [-0.15, -0.1) is 0 Å². The summed E-state index contributed by atoms with van der Waals surface area (Å²) in [6.07, 6.45) is 1.52. The van der Waals surface area contributed by atoms with Crippen LogP contribution >= 0.6 is 0 Å². The van der Waals surface area contributed by atoms with Gasteiger partial charge in [0.05, 0.1) is 5.69 Å². The Morgan fingerprint density at radius 2 is 2.00 bits per heavy atom. The summed E-state index contributed by atoms with van der Waals surface area (Å²) in [5.74, 6) is 0.423. The van der Waals surface area contributed by atoms with E-state index in [4.69, 9.17) is 4.52 Å². The zero-order valence-corrected chi connectivity index (χ0v) is 14.5. The number of piperazine rings is 1. The molecular formula is C19H22FN3O2. The van der Waals surface area contributed by atoms with Crippen LogP contribution in [0.25, 0.3) is 5.57 Å². The number of benzene rings is 1. The highest BCUT2D eigenvalue weighted by Crippen LogP contribution is 2.18. The maximum Gasteiger partial charge on any atom is 0.246 e. The lowest BCUT2D eigenvalue weighted by molar-refractivity contribution is -0.127. The first-order valence-electron chi connectivity index (χ1n) is 8.39. The molecular weight excluding hydrogens is 321 g/mol. The van der Waals surface area contributed by atoms with Crippen molar-refractivity contribution in [2.24, 2.45) is 0 Å². The van der Waals surface area contributed by atoms with Crippen molar-refractivity contribution in [3.8, 4) is 0 Å². The predicted molar refractivity (Wildman–Crippen MR) is 93.1 cm³/mol. The standard InChI is InChI=1S/C19H22FN3O2/c1-14(17-5-3-4-6-18(17)20)11-19(24)23-9-7-22(8-10-23)13-16-12-15(2)25-21-16/h3-6,11-12H,7-10,13H2,1-2H3/b14-11-. The molecule has 0 unspecified atom stereocenters. The van der Waals surface area contributed by atoms with E-state index in [1.807, 2.05) is 13.0 Å². The molecule has 1 fully saturated rings. The average molecular weight is 343 g/mol. The third-order valence-corrected chi connectivity index (χ3v) is 4.39. The van der Waals surface area contributed by atoms with E-state index in [0.717, 1.165) is 31.1 Å². The fourth-order valence-corrected chi connectivity index (χ4v) is 2.98. The summed E-state index contributed by atoms with van der Waals surface area (Å²) in [6.45, 7) is 7.22. The van der Waals surface area contributed by atoms with Crippen LogP contribution in [0.15, 0.2) is 40.9 Å². The Labute approximate surface area is 146 Å². The largest absolute Gasteiger partial charge is 0.361 e. The van der Waals surface area contributed by atoms with E-state index in [2.05, 4.69) is 10.1 Å². The first-order chi connectivity index (χ1) is 12.0. The minimum absolute atomic E-state index is 0.0716. The molecule has 2 heterocycles. The molecule has 25 heavy (non-hydrogen) atoms. The molecule has 1 aliphatic heterocycles. The third-order valence-electron chi connectivity index (χ3n) is 4.39. The van der Waals surface area contributed by atoms with Crippen molar-refractivity contribution in [2.45, 2.75) is 20.4 Å². The Kier molecular flexibility index (Phi) is 5.28. The first-order valence-corrected chi connectivity index (χ1v) is 8.39. The first kappa shape index (κ1) is 17.4. The van der Waals surface area contributed by atoms with Gasteiger partial charge in [0.2, 0.25) is 5.91 Å². The molecule has 1 aromatic heterocycles. The number of carbonyl (C=O) groups is 1. The second kappa shape index (κ2) is 7.61. The molecule has 0 atom stereocenters. The lowest BCUT2D eigenvalue weighted by atomic mass is 10.1. The minimum atomic E-state index is -0.309. The summed E-state index contributed by atoms with van der Waals surface area (Å²) in [7, 11) is 0. The Morgan fingerprint density at radius 3 is 2.64 bits per heavy atom. The third kappa shape index (κ3) is 4.33. The van der Waals surface area contributed by atoms with Crippen LogP contribution in [0, 0.1) is 12.7 Å². The quantitative estimate of drug-likeness (QED) is 0.801. The Morgan fingerprint density at radius 1 is 1.28 bits per heavy atom. The minimum Gasteiger partial charge on any atom is -0.361 e. The van der Waals surface area contributed by atoms with Crippen LogP contribution in [0.4, 0.5) is 4.39 Å². The van der Waals surface area contributed by atoms with Crippen LogP contribution < -0.4 is 0 Å².